The molecule has 3 amide bonds. The van der Waals surface area contributed by atoms with Gasteiger partial charge in [0.2, 0.25) is 5.88 Å². The first-order chi connectivity index (χ1) is 17.3. The van der Waals surface area contributed by atoms with Gasteiger partial charge >= 0.3 is 6.03 Å². The van der Waals surface area contributed by atoms with Gasteiger partial charge in [-0.25, -0.2) is 14.2 Å². The Balaban J connectivity index is 1.62. The number of aromatic nitrogens is 1. The topological polar surface area (TPSA) is 95.0 Å². The van der Waals surface area contributed by atoms with Crippen LogP contribution in [-0.4, -0.2) is 76.8 Å². The summed E-state index contributed by atoms with van der Waals surface area (Å²) in [6, 6.07) is 7.32. The standard InChI is InChI=1S/C27H35FN4O4/c1-17-14-32(18(2)16-33)26(34)23-12-20(19-8-10-21(28)11-9-19)13-29-25(23)36-24(17)15-31(3)27(35)30-22-6-4-5-7-22/h8-13,17-18,22,24,33H,4-7,14-16H2,1-3H3,(H,30,35)/t17-,18-,24-/m1/s1. The molecule has 1 aromatic heterocycles. The minimum absolute atomic E-state index is 0.128. The molecule has 2 heterocycles. The number of nitrogens with zero attached hydrogens (tertiary/aromatic N) is 3. The molecule has 194 valence electrons. The van der Waals surface area contributed by atoms with E-state index in [9.17, 15) is 19.1 Å². The Morgan fingerprint density at radius 3 is 2.64 bits per heavy atom. The molecule has 0 bridgehead atoms. The number of ether oxygens (including phenoxy) is 1. The van der Waals surface area contributed by atoms with Crippen molar-refractivity contribution in [2.45, 2.75) is 57.7 Å². The first-order valence-electron chi connectivity index (χ1n) is 12.6. The highest BCUT2D eigenvalue weighted by molar-refractivity contribution is 5.98. The minimum atomic E-state index is -0.422. The summed E-state index contributed by atoms with van der Waals surface area (Å²) in [5.41, 5.74) is 1.64. The number of rotatable bonds is 6. The Bertz CT molecular complexity index is 1070. The summed E-state index contributed by atoms with van der Waals surface area (Å²) in [6.07, 6.45) is 5.44. The number of fused-ring (bicyclic) bond motifs is 1. The van der Waals surface area contributed by atoms with E-state index in [1.165, 1.54) is 12.1 Å². The summed E-state index contributed by atoms with van der Waals surface area (Å²) >= 11 is 0. The molecule has 4 rings (SSSR count). The van der Waals surface area contributed by atoms with Gasteiger partial charge in [0.25, 0.3) is 5.91 Å². The van der Waals surface area contributed by atoms with E-state index in [-0.39, 0.29) is 47.8 Å². The predicted molar refractivity (Wildman–Crippen MR) is 134 cm³/mol. The predicted octanol–water partition coefficient (Wildman–Crippen LogP) is 3.69. The van der Waals surface area contributed by atoms with Crippen LogP contribution in [0.4, 0.5) is 9.18 Å². The molecule has 1 aliphatic carbocycles. The van der Waals surface area contributed by atoms with E-state index in [0.717, 1.165) is 31.2 Å². The van der Waals surface area contributed by atoms with Crippen LogP contribution in [0.15, 0.2) is 36.5 Å². The number of amides is 3. The number of halogens is 1. The molecule has 2 aromatic rings. The van der Waals surface area contributed by atoms with E-state index in [2.05, 4.69) is 10.3 Å². The Morgan fingerprint density at radius 2 is 1.97 bits per heavy atom. The summed E-state index contributed by atoms with van der Waals surface area (Å²) in [5, 5.41) is 12.9. The lowest BCUT2D eigenvalue weighted by molar-refractivity contribution is 0.0351. The molecule has 0 spiro atoms. The fraction of sp³-hybridized carbons (Fsp3) is 0.519. The molecular weight excluding hydrogens is 463 g/mol. The highest BCUT2D eigenvalue weighted by atomic mass is 19.1. The average molecular weight is 499 g/mol. The lowest BCUT2D eigenvalue weighted by atomic mass is 9.99. The lowest BCUT2D eigenvalue weighted by Crippen LogP contribution is -2.52. The SMILES string of the molecule is C[C@@H]1CN([C@H](C)CO)C(=O)c2cc(-c3ccc(F)cc3)cnc2O[C@@H]1CN(C)C(=O)NC1CCCC1. The number of hydrogen-bond acceptors (Lipinski definition) is 5. The Hall–Kier alpha value is -3.20. The fourth-order valence-corrected chi connectivity index (χ4v) is 4.83. The fourth-order valence-electron chi connectivity index (χ4n) is 4.83. The average Bonchev–Trinajstić information content (AvgIpc) is 3.39. The molecule has 0 saturated heterocycles. The maximum atomic E-state index is 13.6. The molecule has 0 unspecified atom stereocenters. The molecule has 1 aromatic carbocycles. The van der Waals surface area contributed by atoms with Crippen molar-refractivity contribution in [3.05, 3.63) is 47.9 Å². The van der Waals surface area contributed by atoms with Gasteiger partial charge in [0.15, 0.2) is 0 Å². The molecule has 0 radical (unpaired) electrons. The van der Waals surface area contributed by atoms with Gasteiger partial charge < -0.3 is 25.0 Å². The number of aliphatic hydroxyl groups excluding tert-OH is 1. The van der Waals surface area contributed by atoms with Gasteiger partial charge in [0, 0.05) is 37.3 Å². The van der Waals surface area contributed by atoms with Crippen LogP contribution in [0.3, 0.4) is 0 Å². The zero-order chi connectivity index (χ0) is 25.8. The van der Waals surface area contributed by atoms with E-state index in [0.29, 0.717) is 18.7 Å². The summed E-state index contributed by atoms with van der Waals surface area (Å²) in [4.78, 5) is 34.1. The normalized spacial score (nSPS) is 21.2. The molecule has 3 atom stereocenters. The smallest absolute Gasteiger partial charge is 0.317 e. The molecule has 9 heteroatoms. The molecule has 1 saturated carbocycles. The van der Waals surface area contributed by atoms with Crippen LogP contribution >= 0.6 is 0 Å². The highest BCUT2D eigenvalue weighted by Gasteiger charge is 2.35. The third-order valence-corrected chi connectivity index (χ3v) is 7.18. The molecule has 1 fully saturated rings. The summed E-state index contributed by atoms with van der Waals surface area (Å²) < 4.78 is 19.7. The van der Waals surface area contributed by atoms with Gasteiger partial charge in [0.1, 0.15) is 17.5 Å². The molecule has 2 aliphatic rings. The first kappa shape index (κ1) is 25.9. The maximum Gasteiger partial charge on any atom is 0.317 e. The van der Waals surface area contributed by atoms with Crippen LogP contribution in [0.25, 0.3) is 11.1 Å². The summed E-state index contributed by atoms with van der Waals surface area (Å²) in [7, 11) is 1.74. The van der Waals surface area contributed by atoms with Crippen LogP contribution in [-0.2, 0) is 0 Å². The van der Waals surface area contributed by atoms with Crippen LogP contribution in [0.2, 0.25) is 0 Å². The summed E-state index contributed by atoms with van der Waals surface area (Å²) in [5.74, 6) is -0.586. The highest BCUT2D eigenvalue weighted by Crippen LogP contribution is 2.30. The molecular formula is C27H35FN4O4. The quantitative estimate of drug-likeness (QED) is 0.634. The number of pyridine rings is 1. The molecule has 8 nitrogen and oxygen atoms in total. The van der Waals surface area contributed by atoms with Gasteiger partial charge in [-0.2, -0.15) is 0 Å². The second-order valence-corrected chi connectivity index (χ2v) is 10.0. The van der Waals surface area contributed by atoms with E-state index < -0.39 is 12.1 Å². The minimum Gasteiger partial charge on any atom is -0.472 e. The molecule has 1 aliphatic heterocycles. The third kappa shape index (κ3) is 5.78. The lowest BCUT2D eigenvalue weighted by Gasteiger charge is -2.37. The van der Waals surface area contributed by atoms with Gasteiger partial charge in [-0.15, -0.1) is 0 Å². The zero-order valence-electron chi connectivity index (χ0n) is 21.1. The van der Waals surface area contributed by atoms with Gasteiger partial charge in [-0.1, -0.05) is 31.9 Å². The van der Waals surface area contributed by atoms with Gasteiger partial charge in [-0.05, 0) is 43.5 Å². The Kier molecular flexibility index (Phi) is 8.08. The van der Waals surface area contributed by atoms with E-state index in [1.54, 1.807) is 48.2 Å². The zero-order valence-corrected chi connectivity index (χ0v) is 21.1. The Morgan fingerprint density at radius 1 is 1.28 bits per heavy atom. The van der Waals surface area contributed by atoms with Crippen LogP contribution < -0.4 is 10.1 Å². The number of carbonyl (C=O) groups is 2. The second-order valence-electron chi connectivity index (χ2n) is 10.0. The van der Waals surface area contributed by atoms with Crippen molar-refractivity contribution >= 4 is 11.9 Å². The van der Waals surface area contributed by atoms with Crippen molar-refractivity contribution < 1.29 is 23.8 Å². The van der Waals surface area contributed by atoms with E-state index in [4.69, 9.17) is 4.74 Å². The number of aliphatic hydroxyl groups is 1. The Labute approximate surface area is 211 Å². The summed E-state index contributed by atoms with van der Waals surface area (Å²) in [6.45, 7) is 4.24. The van der Waals surface area contributed by atoms with Crippen molar-refractivity contribution in [1.82, 2.24) is 20.1 Å². The molecule has 2 N–H and O–H groups in total. The maximum absolute atomic E-state index is 13.6. The van der Waals surface area contributed by atoms with Crippen LogP contribution in [0, 0.1) is 11.7 Å². The van der Waals surface area contributed by atoms with E-state index >= 15 is 0 Å². The monoisotopic (exact) mass is 498 g/mol. The van der Waals surface area contributed by atoms with Gasteiger partial charge in [-0.3, -0.25) is 4.79 Å². The van der Waals surface area contributed by atoms with Gasteiger partial charge in [0.05, 0.1) is 19.2 Å². The molecule has 36 heavy (non-hydrogen) atoms. The largest absolute Gasteiger partial charge is 0.472 e. The third-order valence-electron chi connectivity index (χ3n) is 7.18. The number of carbonyl (C=O) groups excluding carboxylic acids is 2. The van der Waals surface area contributed by atoms with Crippen molar-refractivity contribution in [3.63, 3.8) is 0 Å². The number of nitrogens with one attached hydrogen (secondary N) is 1. The van der Waals surface area contributed by atoms with Crippen molar-refractivity contribution in [2.24, 2.45) is 5.92 Å². The van der Waals surface area contributed by atoms with Crippen molar-refractivity contribution in [2.75, 3.05) is 26.7 Å². The van der Waals surface area contributed by atoms with Crippen molar-refractivity contribution in [1.29, 1.82) is 0 Å². The van der Waals surface area contributed by atoms with Crippen LogP contribution in [0.5, 0.6) is 5.88 Å². The number of urea groups is 1. The van der Waals surface area contributed by atoms with E-state index in [1.807, 2.05) is 6.92 Å². The van der Waals surface area contributed by atoms with Crippen molar-refractivity contribution in [3.8, 4) is 17.0 Å². The first-order valence-corrected chi connectivity index (χ1v) is 12.6. The second kappa shape index (κ2) is 11.2. The number of benzene rings is 1. The van der Waals surface area contributed by atoms with Crippen LogP contribution in [0.1, 0.15) is 49.9 Å². The number of likely N-dealkylation sites (N-methyl/N-ethyl adjacent to an activating group) is 1. The number of hydrogen-bond donors (Lipinski definition) is 2.